The van der Waals surface area contributed by atoms with Gasteiger partial charge >= 0.3 is 0 Å². The van der Waals surface area contributed by atoms with Crippen LogP contribution >= 0.6 is 0 Å². The summed E-state index contributed by atoms with van der Waals surface area (Å²) >= 11 is 0. The Kier molecular flexibility index (Phi) is 3.65. The second-order valence-electron chi connectivity index (χ2n) is 3.89. The van der Waals surface area contributed by atoms with Crippen LogP contribution in [0.25, 0.3) is 0 Å². The lowest BCUT2D eigenvalue weighted by atomic mass is 10.0. The lowest BCUT2D eigenvalue weighted by Gasteiger charge is -2.26. The van der Waals surface area contributed by atoms with E-state index in [9.17, 15) is 0 Å². The van der Waals surface area contributed by atoms with E-state index >= 15 is 0 Å². The Hall–Kier alpha value is -1.97. The van der Waals surface area contributed by atoms with E-state index in [1.807, 2.05) is 24.3 Å². The molecule has 0 spiro atoms. The van der Waals surface area contributed by atoms with Gasteiger partial charge in [-0.05, 0) is 6.07 Å². The molecule has 1 aromatic rings. The minimum atomic E-state index is 0.175. The third kappa shape index (κ3) is 2.78. The van der Waals surface area contributed by atoms with Crippen LogP contribution in [0.5, 0.6) is 5.75 Å². The van der Waals surface area contributed by atoms with Crippen LogP contribution < -0.4 is 15.8 Å². The van der Waals surface area contributed by atoms with Crippen molar-refractivity contribution in [3.63, 3.8) is 0 Å². The van der Waals surface area contributed by atoms with Crippen molar-refractivity contribution >= 4 is 5.96 Å². The minimum absolute atomic E-state index is 0.175. The number of ether oxygens (including phenoxy) is 1. The zero-order valence-corrected chi connectivity index (χ0v) is 9.73. The maximum Gasteiger partial charge on any atom is 0.189 e. The molecular formula is C13H17N3O. The van der Waals surface area contributed by atoms with E-state index in [2.05, 4.69) is 16.9 Å². The molecule has 17 heavy (non-hydrogen) atoms. The second kappa shape index (κ2) is 5.39. The van der Waals surface area contributed by atoms with Crippen molar-refractivity contribution in [3.8, 4) is 5.75 Å². The molecule has 4 nitrogen and oxygen atoms in total. The number of rotatable bonds is 3. The molecule has 0 amide bonds. The summed E-state index contributed by atoms with van der Waals surface area (Å²) in [6, 6.07) is 8.16. The second-order valence-corrected chi connectivity index (χ2v) is 3.89. The zero-order chi connectivity index (χ0) is 12.1. The topological polar surface area (TPSA) is 59.6 Å². The lowest BCUT2D eigenvalue weighted by Crippen LogP contribution is -2.37. The predicted molar refractivity (Wildman–Crippen MR) is 69.1 cm³/mol. The van der Waals surface area contributed by atoms with E-state index in [4.69, 9.17) is 10.5 Å². The molecule has 0 bridgehead atoms. The van der Waals surface area contributed by atoms with Gasteiger partial charge < -0.3 is 15.8 Å². The van der Waals surface area contributed by atoms with Gasteiger partial charge in [0.15, 0.2) is 5.96 Å². The number of benzene rings is 1. The molecule has 1 aliphatic heterocycles. The van der Waals surface area contributed by atoms with Crippen LogP contribution in [0, 0.1) is 0 Å². The highest BCUT2D eigenvalue weighted by Gasteiger charge is 2.20. The van der Waals surface area contributed by atoms with Crippen LogP contribution in [0.3, 0.4) is 0 Å². The highest BCUT2D eigenvalue weighted by molar-refractivity contribution is 5.78. The van der Waals surface area contributed by atoms with E-state index in [0.717, 1.165) is 17.7 Å². The van der Waals surface area contributed by atoms with Gasteiger partial charge in [0.25, 0.3) is 0 Å². The fourth-order valence-corrected chi connectivity index (χ4v) is 1.88. The fourth-order valence-electron chi connectivity index (χ4n) is 1.88. The molecule has 2 rings (SSSR count). The van der Waals surface area contributed by atoms with Crippen molar-refractivity contribution in [1.82, 2.24) is 5.32 Å². The fraction of sp³-hybridized carbons (Fsp3) is 0.308. The number of nitrogens with two attached hydrogens (primary N) is 1. The van der Waals surface area contributed by atoms with Gasteiger partial charge in [0, 0.05) is 12.0 Å². The summed E-state index contributed by atoms with van der Waals surface area (Å²) in [5, 5.41) is 3.21. The number of para-hydroxylation sites is 1. The third-order valence-corrected chi connectivity index (χ3v) is 2.67. The largest absolute Gasteiger partial charge is 0.493 e. The van der Waals surface area contributed by atoms with Crippen molar-refractivity contribution in [1.29, 1.82) is 0 Å². The molecule has 1 atom stereocenters. The summed E-state index contributed by atoms with van der Waals surface area (Å²) in [5.74, 6) is 1.37. The zero-order valence-electron chi connectivity index (χ0n) is 9.73. The van der Waals surface area contributed by atoms with Crippen molar-refractivity contribution < 1.29 is 4.74 Å². The maximum absolute atomic E-state index is 5.80. The molecule has 0 fully saturated rings. The van der Waals surface area contributed by atoms with Crippen LogP contribution in [-0.2, 0) is 0 Å². The summed E-state index contributed by atoms with van der Waals surface area (Å²) in [6.45, 7) is 4.83. The Balaban J connectivity index is 2.11. The van der Waals surface area contributed by atoms with Gasteiger partial charge in [-0.3, -0.25) is 0 Å². The molecule has 3 N–H and O–H groups in total. The van der Waals surface area contributed by atoms with Crippen molar-refractivity contribution in [2.75, 3.05) is 13.2 Å². The van der Waals surface area contributed by atoms with Crippen LogP contribution in [-0.4, -0.2) is 19.1 Å². The van der Waals surface area contributed by atoms with Crippen LogP contribution in [0.1, 0.15) is 18.0 Å². The van der Waals surface area contributed by atoms with Gasteiger partial charge in [0.2, 0.25) is 0 Å². The van der Waals surface area contributed by atoms with Crippen LogP contribution in [0.15, 0.2) is 41.9 Å². The number of nitrogens with one attached hydrogen (secondary N) is 1. The Bertz CT molecular complexity index is 428. The van der Waals surface area contributed by atoms with E-state index < -0.39 is 0 Å². The van der Waals surface area contributed by atoms with E-state index in [0.29, 0.717) is 19.1 Å². The molecule has 0 saturated carbocycles. The average Bonchev–Trinajstić information content (AvgIpc) is 2.37. The first-order valence-corrected chi connectivity index (χ1v) is 5.70. The smallest absolute Gasteiger partial charge is 0.189 e. The summed E-state index contributed by atoms with van der Waals surface area (Å²) in [7, 11) is 0. The highest BCUT2D eigenvalue weighted by atomic mass is 16.5. The summed E-state index contributed by atoms with van der Waals surface area (Å²) < 4.78 is 5.58. The number of guanidine groups is 1. The van der Waals surface area contributed by atoms with Crippen LogP contribution in [0.2, 0.25) is 0 Å². The minimum Gasteiger partial charge on any atom is -0.493 e. The SMILES string of the molecule is C=CCN=C(N)NC1CCOc2ccccc21. The van der Waals surface area contributed by atoms with Crippen molar-refractivity contribution in [3.05, 3.63) is 42.5 Å². The quantitative estimate of drug-likeness (QED) is 0.472. The third-order valence-electron chi connectivity index (χ3n) is 2.67. The molecule has 1 heterocycles. The lowest BCUT2D eigenvalue weighted by molar-refractivity contribution is 0.262. The Labute approximate surface area is 101 Å². The molecule has 1 aliphatic rings. The van der Waals surface area contributed by atoms with Gasteiger partial charge in [-0.15, -0.1) is 6.58 Å². The summed E-state index contributed by atoms with van der Waals surface area (Å²) in [6.07, 6.45) is 2.60. The van der Waals surface area contributed by atoms with Crippen molar-refractivity contribution in [2.24, 2.45) is 10.7 Å². The number of hydrogen-bond donors (Lipinski definition) is 2. The van der Waals surface area contributed by atoms with Gasteiger partial charge in [-0.2, -0.15) is 0 Å². The molecular weight excluding hydrogens is 214 g/mol. The highest BCUT2D eigenvalue weighted by Crippen LogP contribution is 2.31. The molecule has 1 aromatic carbocycles. The Morgan fingerprint density at radius 2 is 2.41 bits per heavy atom. The number of fused-ring (bicyclic) bond motifs is 1. The monoisotopic (exact) mass is 231 g/mol. The van der Waals surface area contributed by atoms with Gasteiger partial charge in [0.1, 0.15) is 5.75 Å². The van der Waals surface area contributed by atoms with Crippen LogP contribution in [0.4, 0.5) is 0 Å². The number of aliphatic imine (C=N–C) groups is 1. The van der Waals surface area contributed by atoms with E-state index in [1.165, 1.54) is 0 Å². The first-order valence-electron chi connectivity index (χ1n) is 5.70. The number of hydrogen-bond acceptors (Lipinski definition) is 2. The number of nitrogens with zero attached hydrogens (tertiary/aromatic N) is 1. The predicted octanol–water partition coefficient (Wildman–Crippen LogP) is 1.60. The molecule has 0 radical (unpaired) electrons. The van der Waals surface area contributed by atoms with Gasteiger partial charge in [0.05, 0.1) is 19.2 Å². The van der Waals surface area contributed by atoms with Gasteiger partial charge in [-0.1, -0.05) is 24.3 Å². The molecule has 0 aliphatic carbocycles. The Morgan fingerprint density at radius 3 is 3.24 bits per heavy atom. The Morgan fingerprint density at radius 1 is 1.59 bits per heavy atom. The molecule has 1 unspecified atom stereocenters. The molecule has 4 heteroatoms. The summed E-state index contributed by atoms with van der Waals surface area (Å²) in [4.78, 5) is 4.13. The molecule has 0 aromatic heterocycles. The normalized spacial score (nSPS) is 19.1. The summed E-state index contributed by atoms with van der Waals surface area (Å²) in [5.41, 5.74) is 6.93. The molecule has 90 valence electrons. The van der Waals surface area contributed by atoms with E-state index in [1.54, 1.807) is 6.08 Å². The standard InChI is InChI=1S/C13H17N3O/c1-2-8-15-13(14)16-11-7-9-17-12-6-4-3-5-10(11)12/h2-6,11H,1,7-9H2,(H3,14,15,16). The first-order chi connectivity index (χ1) is 8.31. The molecule has 0 saturated heterocycles. The first kappa shape index (κ1) is 11.5. The van der Waals surface area contributed by atoms with Gasteiger partial charge in [-0.25, -0.2) is 4.99 Å². The van der Waals surface area contributed by atoms with E-state index in [-0.39, 0.29) is 6.04 Å². The van der Waals surface area contributed by atoms with Crippen molar-refractivity contribution in [2.45, 2.75) is 12.5 Å². The maximum atomic E-state index is 5.80. The average molecular weight is 231 g/mol.